The van der Waals surface area contributed by atoms with Crippen LogP contribution in [0.2, 0.25) is 0 Å². The molecule has 0 N–H and O–H groups in total. The van der Waals surface area contributed by atoms with Crippen molar-refractivity contribution in [2.24, 2.45) is 0 Å². The van der Waals surface area contributed by atoms with Gasteiger partial charge in [-0.3, -0.25) is 9.69 Å². The molecule has 3 rings (SSSR count). The third kappa shape index (κ3) is 5.11. The SMILES string of the molecule is CCN(CC)Cc1ccc(C(=O)N2CCN(S(=O)(=O)c3ccccc3Br)CC2)cc1. The number of halogens is 1. The normalized spacial score (nSPS) is 15.5. The number of amides is 1. The van der Waals surface area contributed by atoms with Crippen molar-refractivity contribution in [1.82, 2.24) is 14.1 Å². The minimum Gasteiger partial charge on any atom is -0.336 e. The topological polar surface area (TPSA) is 60.9 Å². The van der Waals surface area contributed by atoms with E-state index < -0.39 is 10.0 Å². The summed E-state index contributed by atoms with van der Waals surface area (Å²) in [6.07, 6.45) is 0. The fourth-order valence-electron chi connectivity index (χ4n) is 3.57. The first-order valence-electron chi connectivity index (χ1n) is 10.2. The summed E-state index contributed by atoms with van der Waals surface area (Å²) in [5.74, 6) is -0.0534. The Hall–Kier alpha value is -1.74. The predicted molar refractivity (Wildman–Crippen MR) is 122 cm³/mol. The number of hydrogen-bond acceptors (Lipinski definition) is 4. The highest BCUT2D eigenvalue weighted by Gasteiger charge is 2.31. The monoisotopic (exact) mass is 493 g/mol. The summed E-state index contributed by atoms with van der Waals surface area (Å²) in [7, 11) is -3.58. The number of rotatable bonds is 7. The van der Waals surface area contributed by atoms with Crippen LogP contribution in [-0.2, 0) is 16.6 Å². The molecule has 0 radical (unpaired) electrons. The lowest BCUT2D eigenvalue weighted by molar-refractivity contribution is 0.0698. The molecule has 1 fully saturated rings. The molecule has 1 amide bonds. The third-order valence-electron chi connectivity index (χ3n) is 5.48. The van der Waals surface area contributed by atoms with E-state index in [1.54, 1.807) is 29.2 Å². The number of carbonyl (C=O) groups excluding carboxylic acids is 1. The van der Waals surface area contributed by atoms with Crippen molar-refractivity contribution in [2.75, 3.05) is 39.3 Å². The molecule has 1 aliphatic heterocycles. The molecule has 0 bridgehead atoms. The number of nitrogens with zero attached hydrogens (tertiary/aromatic N) is 3. The average Bonchev–Trinajstić information content (AvgIpc) is 2.77. The van der Waals surface area contributed by atoms with E-state index >= 15 is 0 Å². The fourth-order valence-corrected chi connectivity index (χ4v) is 5.95. The van der Waals surface area contributed by atoms with Crippen LogP contribution in [0.5, 0.6) is 0 Å². The van der Waals surface area contributed by atoms with Crippen LogP contribution in [0.15, 0.2) is 57.9 Å². The molecule has 0 aliphatic carbocycles. The number of hydrogen-bond donors (Lipinski definition) is 0. The van der Waals surface area contributed by atoms with Crippen LogP contribution >= 0.6 is 15.9 Å². The summed E-state index contributed by atoms with van der Waals surface area (Å²) in [5, 5.41) is 0. The second-order valence-electron chi connectivity index (χ2n) is 7.29. The fraction of sp³-hybridized carbons (Fsp3) is 0.409. The Bertz CT molecular complexity index is 967. The Morgan fingerprint density at radius 2 is 1.57 bits per heavy atom. The van der Waals surface area contributed by atoms with Crippen LogP contribution in [0.3, 0.4) is 0 Å². The van der Waals surface area contributed by atoms with E-state index in [0.29, 0.717) is 23.1 Å². The third-order valence-corrected chi connectivity index (χ3v) is 8.39. The molecule has 0 saturated carbocycles. The molecule has 1 heterocycles. The van der Waals surface area contributed by atoms with Crippen LogP contribution in [0.25, 0.3) is 0 Å². The average molecular weight is 494 g/mol. The molecule has 0 atom stereocenters. The van der Waals surface area contributed by atoms with Crippen LogP contribution in [-0.4, -0.2) is 67.7 Å². The minimum atomic E-state index is -3.58. The van der Waals surface area contributed by atoms with E-state index in [1.165, 1.54) is 9.87 Å². The van der Waals surface area contributed by atoms with E-state index in [-0.39, 0.29) is 23.9 Å². The maximum Gasteiger partial charge on any atom is 0.253 e. The van der Waals surface area contributed by atoms with Gasteiger partial charge in [-0.25, -0.2) is 8.42 Å². The Balaban J connectivity index is 1.62. The number of benzene rings is 2. The molecule has 30 heavy (non-hydrogen) atoms. The number of carbonyl (C=O) groups is 1. The Kier molecular flexibility index (Phi) is 7.68. The molecule has 1 saturated heterocycles. The van der Waals surface area contributed by atoms with Crippen molar-refractivity contribution < 1.29 is 13.2 Å². The van der Waals surface area contributed by atoms with E-state index in [9.17, 15) is 13.2 Å². The van der Waals surface area contributed by atoms with Gasteiger partial charge in [-0.05, 0) is 58.8 Å². The number of piperazine rings is 1. The zero-order valence-electron chi connectivity index (χ0n) is 17.4. The van der Waals surface area contributed by atoms with Gasteiger partial charge in [0.25, 0.3) is 5.91 Å². The summed E-state index contributed by atoms with van der Waals surface area (Å²) in [4.78, 5) is 17.2. The van der Waals surface area contributed by atoms with E-state index in [4.69, 9.17) is 0 Å². The van der Waals surface area contributed by atoms with Gasteiger partial charge in [0.15, 0.2) is 0 Å². The highest BCUT2D eigenvalue weighted by molar-refractivity contribution is 9.10. The van der Waals surface area contributed by atoms with Crippen molar-refractivity contribution in [3.63, 3.8) is 0 Å². The molecule has 0 aromatic heterocycles. The predicted octanol–water partition coefficient (Wildman–Crippen LogP) is 3.44. The van der Waals surface area contributed by atoms with E-state index in [1.807, 2.05) is 24.3 Å². The molecule has 8 heteroatoms. The first-order valence-corrected chi connectivity index (χ1v) is 12.4. The van der Waals surface area contributed by atoms with Crippen LogP contribution < -0.4 is 0 Å². The van der Waals surface area contributed by atoms with Gasteiger partial charge in [-0.1, -0.05) is 38.1 Å². The van der Waals surface area contributed by atoms with Crippen LogP contribution in [0.1, 0.15) is 29.8 Å². The van der Waals surface area contributed by atoms with Gasteiger partial charge in [-0.15, -0.1) is 0 Å². The summed E-state index contributed by atoms with van der Waals surface area (Å²) in [5.41, 5.74) is 1.82. The smallest absolute Gasteiger partial charge is 0.253 e. The lowest BCUT2D eigenvalue weighted by Crippen LogP contribution is -2.50. The maximum absolute atomic E-state index is 12.9. The molecular formula is C22H28BrN3O3S. The molecule has 1 aliphatic rings. The van der Waals surface area contributed by atoms with Crippen LogP contribution in [0.4, 0.5) is 0 Å². The maximum atomic E-state index is 12.9. The summed E-state index contributed by atoms with van der Waals surface area (Å²) in [6.45, 7) is 8.45. The van der Waals surface area contributed by atoms with Gasteiger partial charge in [0, 0.05) is 42.8 Å². The molecular weight excluding hydrogens is 466 g/mol. The molecule has 0 unspecified atom stereocenters. The Morgan fingerprint density at radius 3 is 2.13 bits per heavy atom. The Morgan fingerprint density at radius 1 is 0.967 bits per heavy atom. The van der Waals surface area contributed by atoms with Crippen molar-refractivity contribution in [1.29, 1.82) is 0 Å². The Labute approximate surface area is 187 Å². The second kappa shape index (κ2) is 10.0. The highest BCUT2D eigenvalue weighted by Crippen LogP contribution is 2.25. The lowest BCUT2D eigenvalue weighted by Gasteiger charge is -2.34. The van der Waals surface area contributed by atoms with Gasteiger partial charge in [0.2, 0.25) is 10.0 Å². The summed E-state index contributed by atoms with van der Waals surface area (Å²) in [6, 6.07) is 14.5. The molecule has 2 aromatic carbocycles. The minimum absolute atomic E-state index is 0.0534. The first kappa shape index (κ1) is 22.9. The van der Waals surface area contributed by atoms with Gasteiger partial charge < -0.3 is 4.90 Å². The molecule has 162 valence electrons. The van der Waals surface area contributed by atoms with Crippen LogP contribution in [0, 0.1) is 0 Å². The molecule has 6 nitrogen and oxygen atoms in total. The van der Waals surface area contributed by atoms with Gasteiger partial charge in [0.05, 0.1) is 4.90 Å². The van der Waals surface area contributed by atoms with Gasteiger partial charge >= 0.3 is 0 Å². The zero-order valence-corrected chi connectivity index (χ0v) is 19.8. The largest absolute Gasteiger partial charge is 0.336 e. The zero-order chi connectivity index (χ0) is 21.7. The van der Waals surface area contributed by atoms with Crippen molar-refractivity contribution >= 4 is 31.9 Å². The summed E-state index contributed by atoms with van der Waals surface area (Å²) >= 11 is 3.32. The lowest BCUT2D eigenvalue weighted by atomic mass is 10.1. The highest BCUT2D eigenvalue weighted by atomic mass is 79.9. The van der Waals surface area contributed by atoms with Crippen molar-refractivity contribution in [3.8, 4) is 0 Å². The first-order chi connectivity index (χ1) is 14.4. The summed E-state index contributed by atoms with van der Waals surface area (Å²) < 4.78 is 27.8. The second-order valence-corrected chi connectivity index (χ2v) is 10.0. The standard InChI is InChI=1S/C22H28BrN3O3S/c1-3-24(4-2)17-18-9-11-19(12-10-18)22(27)25-13-15-26(16-14-25)30(28,29)21-8-6-5-7-20(21)23/h5-12H,3-4,13-17H2,1-2H3. The van der Waals surface area contributed by atoms with Crippen molar-refractivity contribution in [3.05, 3.63) is 64.1 Å². The van der Waals surface area contributed by atoms with Gasteiger partial charge in [-0.2, -0.15) is 4.31 Å². The number of sulfonamides is 1. The van der Waals surface area contributed by atoms with E-state index in [2.05, 4.69) is 34.7 Å². The van der Waals surface area contributed by atoms with Gasteiger partial charge in [0.1, 0.15) is 0 Å². The molecule has 0 spiro atoms. The quantitative estimate of drug-likeness (QED) is 0.592. The van der Waals surface area contributed by atoms with Crippen molar-refractivity contribution in [2.45, 2.75) is 25.3 Å². The van der Waals surface area contributed by atoms with E-state index in [0.717, 1.165) is 19.6 Å². The molecule has 2 aromatic rings.